The number of ether oxygens (including phenoxy) is 2. The van der Waals surface area contributed by atoms with Crippen molar-refractivity contribution < 1.29 is 38.2 Å². The molecule has 3 aliphatic rings. The van der Waals surface area contributed by atoms with Crippen LogP contribution in [0.2, 0.25) is 0 Å². The number of carbonyl (C=O) groups is 6. The number of aryl methyl sites for hydroxylation is 1. The molecule has 4 bridgehead atoms. The number of nitrogens with one attached hydrogen (secondary N) is 3. The summed E-state index contributed by atoms with van der Waals surface area (Å²) in [5.41, 5.74) is 3.39. The molecule has 2 aromatic carbocycles. The molecule has 13 nitrogen and oxygen atoms in total. The Balaban J connectivity index is 1.38. The lowest BCUT2D eigenvalue weighted by Crippen LogP contribution is -2.59. The van der Waals surface area contributed by atoms with Crippen LogP contribution in [0.3, 0.4) is 0 Å². The second-order valence-corrected chi connectivity index (χ2v) is 15.7. The van der Waals surface area contributed by atoms with E-state index in [1.165, 1.54) is 10.5 Å². The third kappa shape index (κ3) is 9.97. The van der Waals surface area contributed by atoms with E-state index >= 15 is 0 Å². The van der Waals surface area contributed by atoms with E-state index in [2.05, 4.69) is 22.0 Å². The van der Waals surface area contributed by atoms with E-state index in [1.807, 2.05) is 49.4 Å². The molecule has 3 heterocycles. The average molecular weight is 746 g/mol. The Morgan fingerprint density at radius 1 is 0.926 bits per heavy atom. The predicted molar refractivity (Wildman–Crippen MR) is 201 cm³/mol. The van der Waals surface area contributed by atoms with Gasteiger partial charge >= 0.3 is 12.2 Å². The van der Waals surface area contributed by atoms with Crippen LogP contribution in [-0.2, 0) is 48.2 Å². The zero-order valence-corrected chi connectivity index (χ0v) is 32.2. The first-order valence-corrected chi connectivity index (χ1v) is 19.3. The number of nitrogens with zero attached hydrogens (tertiary/aromatic N) is 2. The topological polar surface area (TPSA) is 163 Å². The van der Waals surface area contributed by atoms with Crippen LogP contribution in [0.15, 0.2) is 48.5 Å². The van der Waals surface area contributed by atoms with Gasteiger partial charge in [0.15, 0.2) is 0 Å². The second kappa shape index (κ2) is 17.9. The zero-order chi connectivity index (χ0) is 39.0. The molecule has 0 aromatic heterocycles. The molecule has 5 atom stereocenters. The first kappa shape index (κ1) is 40.2. The van der Waals surface area contributed by atoms with Crippen LogP contribution in [0.1, 0.15) is 108 Å². The van der Waals surface area contributed by atoms with Gasteiger partial charge in [0, 0.05) is 19.5 Å². The lowest BCUT2D eigenvalue weighted by atomic mass is 9.85. The van der Waals surface area contributed by atoms with Crippen molar-refractivity contribution in [2.75, 3.05) is 13.2 Å². The molecule has 0 radical (unpaired) electrons. The molecule has 2 aromatic rings. The Kier molecular flexibility index (Phi) is 13.4. The predicted octanol–water partition coefficient (Wildman–Crippen LogP) is 5.10. The molecule has 3 N–H and O–H groups in total. The maximum Gasteiger partial charge on any atom is 0.410 e. The SMILES string of the molecule is CCC[C@H](NC(=O)[C@@H]1C[C@@H]2CN1C(=O)[C@H](C(C)(C)C)NC(=O)OCCCCCCc1cccc3c1CN(C3)C(=O)O2)C(=O)C(=O)NC(C)c1ccccc1. The first-order valence-electron chi connectivity index (χ1n) is 19.3. The van der Waals surface area contributed by atoms with Crippen LogP contribution < -0.4 is 16.0 Å². The van der Waals surface area contributed by atoms with Gasteiger partial charge in [-0.15, -0.1) is 0 Å². The molecule has 1 unspecified atom stereocenters. The summed E-state index contributed by atoms with van der Waals surface area (Å²) < 4.78 is 11.5. The molecule has 1 fully saturated rings. The Morgan fingerprint density at radius 3 is 2.37 bits per heavy atom. The maximum absolute atomic E-state index is 14.4. The number of alkyl carbamates (subject to hydrolysis) is 1. The largest absolute Gasteiger partial charge is 0.450 e. The fourth-order valence-corrected chi connectivity index (χ4v) is 7.43. The van der Waals surface area contributed by atoms with Gasteiger partial charge in [0.2, 0.25) is 17.6 Å². The van der Waals surface area contributed by atoms with Gasteiger partial charge < -0.3 is 30.3 Å². The highest BCUT2D eigenvalue weighted by Crippen LogP contribution is 2.31. The lowest BCUT2D eigenvalue weighted by molar-refractivity contribution is -0.144. The minimum absolute atomic E-state index is 0.0407. The summed E-state index contributed by atoms with van der Waals surface area (Å²) in [6.07, 6.45) is 2.80. The summed E-state index contributed by atoms with van der Waals surface area (Å²) in [7, 11) is 0. The molecule has 0 aliphatic carbocycles. The van der Waals surface area contributed by atoms with Gasteiger partial charge in [0.05, 0.1) is 25.2 Å². The maximum atomic E-state index is 14.4. The van der Waals surface area contributed by atoms with Crippen LogP contribution in [0.4, 0.5) is 9.59 Å². The van der Waals surface area contributed by atoms with E-state index < -0.39 is 71.4 Å². The molecule has 54 heavy (non-hydrogen) atoms. The fraction of sp³-hybridized carbons (Fsp3) is 0.561. The van der Waals surface area contributed by atoms with E-state index in [-0.39, 0.29) is 26.0 Å². The average Bonchev–Trinajstić information content (AvgIpc) is 3.78. The van der Waals surface area contributed by atoms with Crippen LogP contribution >= 0.6 is 0 Å². The molecule has 0 spiro atoms. The summed E-state index contributed by atoms with van der Waals surface area (Å²) in [6, 6.07) is 11.5. The summed E-state index contributed by atoms with van der Waals surface area (Å²) in [5.74, 6) is -2.86. The number of amides is 5. The van der Waals surface area contributed by atoms with Crippen molar-refractivity contribution in [2.24, 2.45) is 5.41 Å². The molecule has 3 aliphatic heterocycles. The van der Waals surface area contributed by atoms with E-state index in [1.54, 1.807) is 32.6 Å². The summed E-state index contributed by atoms with van der Waals surface area (Å²) in [6.45, 7) is 9.86. The quantitative estimate of drug-likeness (QED) is 0.315. The number of benzene rings is 2. The lowest BCUT2D eigenvalue weighted by Gasteiger charge is -2.35. The molecule has 292 valence electrons. The van der Waals surface area contributed by atoms with Gasteiger partial charge in [-0.05, 0) is 60.3 Å². The molecular weight excluding hydrogens is 690 g/mol. The fourth-order valence-electron chi connectivity index (χ4n) is 7.43. The van der Waals surface area contributed by atoms with Gasteiger partial charge in [-0.1, -0.05) is 95.5 Å². The molecular formula is C41H55N5O8. The smallest absolute Gasteiger partial charge is 0.410 e. The van der Waals surface area contributed by atoms with Crippen molar-refractivity contribution in [3.05, 3.63) is 70.8 Å². The monoisotopic (exact) mass is 745 g/mol. The van der Waals surface area contributed by atoms with E-state index in [4.69, 9.17) is 9.47 Å². The van der Waals surface area contributed by atoms with Crippen LogP contribution in [-0.4, -0.2) is 82.9 Å². The minimum Gasteiger partial charge on any atom is -0.450 e. The van der Waals surface area contributed by atoms with Crippen molar-refractivity contribution in [2.45, 2.75) is 129 Å². The van der Waals surface area contributed by atoms with Gasteiger partial charge in [0.25, 0.3) is 5.91 Å². The summed E-state index contributed by atoms with van der Waals surface area (Å²) in [4.78, 5) is 84.8. The number of cyclic esters (lactones) is 1. The van der Waals surface area contributed by atoms with E-state index in [0.717, 1.165) is 42.4 Å². The van der Waals surface area contributed by atoms with Crippen molar-refractivity contribution in [3.63, 3.8) is 0 Å². The number of fused-ring (bicyclic) bond motifs is 3. The number of Topliss-reactive ketones (excluding diaryl/α,β-unsaturated/α-hetero) is 1. The number of hydrogen-bond acceptors (Lipinski definition) is 8. The Hall–Kier alpha value is -4.94. The second-order valence-electron chi connectivity index (χ2n) is 15.7. The number of carbonyl (C=O) groups excluding carboxylic acids is 6. The van der Waals surface area contributed by atoms with Gasteiger partial charge in [-0.25, -0.2) is 9.59 Å². The normalized spacial score (nSPS) is 22.3. The molecule has 5 rings (SSSR count). The third-order valence-corrected chi connectivity index (χ3v) is 10.5. The summed E-state index contributed by atoms with van der Waals surface area (Å²) >= 11 is 0. The zero-order valence-electron chi connectivity index (χ0n) is 32.2. The molecule has 5 amide bonds. The summed E-state index contributed by atoms with van der Waals surface area (Å²) in [5, 5.41) is 8.20. The van der Waals surface area contributed by atoms with Crippen molar-refractivity contribution in [1.29, 1.82) is 0 Å². The third-order valence-electron chi connectivity index (χ3n) is 10.5. The molecule has 1 saturated heterocycles. The molecule has 0 saturated carbocycles. The minimum atomic E-state index is -1.16. The Morgan fingerprint density at radius 2 is 1.65 bits per heavy atom. The number of ketones is 1. The highest BCUT2D eigenvalue weighted by molar-refractivity contribution is 6.38. The van der Waals surface area contributed by atoms with Crippen molar-refractivity contribution in [3.8, 4) is 0 Å². The van der Waals surface area contributed by atoms with Crippen molar-refractivity contribution in [1.82, 2.24) is 25.8 Å². The van der Waals surface area contributed by atoms with Crippen LogP contribution in [0, 0.1) is 5.41 Å². The van der Waals surface area contributed by atoms with Gasteiger partial charge in [0.1, 0.15) is 18.2 Å². The highest BCUT2D eigenvalue weighted by atomic mass is 16.6. The van der Waals surface area contributed by atoms with Crippen LogP contribution in [0.5, 0.6) is 0 Å². The Bertz CT molecular complexity index is 1690. The van der Waals surface area contributed by atoms with Gasteiger partial charge in [-0.3, -0.25) is 24.1 Å². The van der Waals surface area contributed by atoms with Crippen molar-refractivity contribution >= 4 is 35.7 Å². The highest BCUT2D eigenvalue weighted by Gasteiger charge is 2.47. The van der Waals surface area contributed by atoms with Gasteiger partial charge in [-0.2, -0.15) is 0 Å². The Labute approximate surface area is 317 Å². The first-order chi connectivity index (χ1) is 25.8. The van der Waals surface area contributed by atoms with E-state index in [9.17, 15) is 28.8 Å². The molecule has 13 heteroatoms. The van der Waals surface area contributed by atoms with Crippen LogP contribution in [0.25, 0.3) is 0 Å². The standard InChI is InChI=1S/C41H55N5O8/c1-6-15-32(34(47)37(49)42-26(2)27-16-11-9-12-17-27)43-36(48)33-22-30-24-46(33)38(50)35(41(3,4)5)44-39(51)53-21-13-8-7-10-18-28-19-14-20-29-23-45(25-31(28)29)40(52)54-30/h9,11-12,14,16-17,19-20,26,30,32-33,35H,6-8,10,13,15,18,21-25H2,1-5H3,(H,42,49)(H,43,48)(H,44,51)/t26?,30-,32+,33+,35-/m1/s1. The van der Waals surface area contributed by atoms with E-state index in [0.29, 0.717) is 25.9 Å². The number of hydrogen-bond donors (Lipinski definition) is 3. The number of rotatable bonds is 8.